The molecule has 2 aromatic heterocycles. The van der Waals surface area contributed by atoms with Gasteiger partial charge in [0.25, 0.3) is 0 Å². The molecule has 0 saturated heterocycles. The van der Waals surface area contributed by atoms with E-state index in [0.717, 1.165) is 18.8 Å². The van der Waals surface area contributed by atoms with Crippen LogP contribution in [-0.2, 0) is 20.1 Å². The van der Waals surface area contributed by atoms with Gasteiger partial charge in [-0.05, 0) is 26.0 Å². The van der Waals surface area contributed by atoms with Gasteiger partial charge in [0.2, 0.25) is 0 Å². The van der Waals surface area contributed by atoms with Gasteiger partial charge < -0.3 is 9.88 Å². The van der Waals surface area contributed by atoms with Crippen LogP contribution in [0.15, 0.2) is 24.5 Å². The van der Waals surface area contributed by atoms with Crippen LogP contribution in [0.5, 0.6) is 0 Å². The smallest absolute Gasteiger partial charge is 0.0759 e. The highest BCUT2D eigenvalue weighted by Crippen LogP contribution is 2.14. The largest absolute Gasteiger partial charge is 0.377 e. The topological polar surface area (TPSA) is 34.8 Å². The number of anilines is 1. The van der Waals surface area contributed by atoms with Crippen LogP contribution in [0, 0.1) is 6.92 Å². The van der Waals surface area contributed by atoms with Crippen LogP contribution < -0.4 is 5.32 Å². The van der Waals surface area contributed by atoms with E-state index in [-0.39, 0.29) is 12.4 Å². The summed E-state index contributed by atoms with van der Waals surface area (Å²) in [4.78, 5) is 0. The fourth-order valence-electron chi connectivity index (χ4n) is 1.80. The van der Waals surface area contributed by atoms with E-state index in [1.54, 1.807) is 0 Å². The lowest BCUT2D eigenvalue weighted by Gasteiger charge is -2.07. The van der Waals surface area contributed by atoms with E-state index in [1.807, 2.05) is 10.9 Å². The van der Waals surface area contributed by atoms with Crippen LogP contribution in [0.3, 0.4) is 0 Å². The molecule has 2 aromatic rings. The van der Waals surface area contributed by atoms with Gasteiger partial charge >= 0.3 is 0 Å². The Kier molecular flexibility index (Phi) is 4.63. The zero-order chi connectivity index (χ0) is 11.5. The van der Waals surface area contributed by atoms with Crippen molar-refractivity contribution in [1.82, 2.24) is 14.3 Å². The monoisotopic (exact) mass is 254 g/mol. The molecule has 0 amide bonds. The highest BCUT2D eigenvalue weighted by molar-refractivity contribution is 5.85. The van der Waals surface area contributed by atoms with Crippen molar-refractivity contribution < 1.29 is 0 Å². The Balaban J connectivity index is 0.00000144. The molecule has 17 heavy (non-hydrogen) atoms. The van der Waals surface area contributed by atoms with E-state index in [2.05, 4.69) is 54.2 Å². The molecule has 4 nitrogen and oxygen atoms in total. The first-order valence-corrected chi connectivity index (χ1v) is 5.59. The zero-order valence-corrected chi connectivity index (χ0v) is 11.3. The number of nitrogens with one attached hydrogen (secondary N) is 1. The average Bonchev–Trinajstić information content (AvgIpc) is 2.83. The normalized spacial score (nSPS) is 10.1. The van der Waals surface area contributed by atoms with Crippen molar-refractivity contribution in [3.05, 3.63) is 35.9 Å². The molecule has 0 spiro atoms. The maximum atomic E-state index is 4.30. The van der Waals surface area contributed by atoms with Gasteiger partial charge in [0, 0.05) is 25.5 Å². The second-order valence-electron chi connectivity index (χ2n) is 3.92. The Labute approximate surface area is 108 Å². The van der Waals surface area contributed by atoms with Crippen molar-refractivity contribution in [2.75, 3.05) is 5.32 Å². The lowest BCUT2D eigenvalue weighted by Crippen LogP contribution is -2.05. The minimum atomic E-state index is 0. The zero-order valence-electron chi connectivity index (χ0n) is 10.5. The number of rotatable bonds is 4. The van der Waals surface area contributed by atoms with Gasteiger partial charge in [-0.15, -0.1) is 12.4 Å². The summed E-state index contributed by atoms with van der Waals surface area (Å²) in [7, 11) is 2.05. The minimum Gasteiger partial charge on any atom is -0.377 e. The van der Waals surface area contributed by atoms with Crippen molar-refractivity contribution in [2.24, 2.45) is 7.05 Å². The Bertz CT molecular complexity index is 473. The quantitative estimate of drug-likeness (QED) is 0.910. The lowest BCUT2D eigenvalue weighted by atomic mass is 10.3. The van der Waals surface area contributed by atoms with Crippen LogP contribution in [0.25, 0.3) is 0 Å². The second-order valence-corrected chi connectivity index (χ2v) is 3.92. The van der Waals surface area contributed by atoms with Gasteiger partial charge in [0.1, 0.15) is 0 Å². The third-order valence-corrected chi connectivity index (χ3v) is 2.91. The number of nitrogens with zero attached hydrogens (tertiary/aromatic N) is 3. The van der Waals surface area contributed by atoms with E-state index in [1.165, 1.54) is 11.4 Å². The van der Waals surface area contributed by atoms with E-state index in [9.17, 15) is 0 Å². The first-order valence-electron chi connectivity index (χ1n) is 5.59. The summed E-state index contributed by atoms with van der Waals surface area (Å²) in [5.74, 6) is 0. The number of hydrogen-bond acceptors (Lipinski definition) is 2. The molecule has 0 aliphatic rings. The maximum Gasteiger partial charge on any atom is 0.0759 e. The molecule has 2 heterocycles. The third kappa shape index (κ3) is 2.82. The van der Waals surface area contributed by atoms with Gasteiger partial charge in [0.15, 0.2) is 0 Å². The van der Waals surface area contributed by atoms with Crippen LogP contribution in [-0.4, -0.2) is 14.3 Å². The summed E-state index contributed by atoms with van der Waals surface area (Å²) in [6.45, 7) is 5.93. The Morgan fingerprint density at radius 1 is 1.41 bits per heavy atom. The predicted molar refractivity (Wildman–Crippen MR) is 72.6 cm³/mol. The van der Waals surface area contributed by atoms with E-state index < -0.39 is 0 Å². The van der Waals surface area contributed by atoms with Crippen molar-refractivity contribution in [2.45, 2.75) is 26.9 Å². The fraction of sp³-hybridized carbons (Fsp3) is 0.417. The molecular formula is C12H19ClN4. The Morgan fingerprint density at radius 2 is 2.18 bits per heavy atom. The molecule has 0 unspecified atom stereocenters. The summed E-state index contributed by atoms with van der Waals surface area (Å²) >= 11 is 0. The van der Waals surface area contributed by atoms with Crippen LogP contribution in [0.4, 0.5) is 5.69 Å². The molecule has 2 rings (SSSR count). The summed E-state index contributed by atoms with van der Waals surface area (Å²) in [5, 5.41) is 7.71. The number of halogens is 1. The minimum absolute atomic E-state index is 0. The van der Waals surface area contributed by atoms with Crippen LogP contribution >= 0.6 is 12.4 Å². The third-order valence-electron chi connectivity index (χ3n) is 2.91. The molecule has 0 bridgehead atoms. The molecule has 0 fully saturated rings. The van der Waals surface area contributed by atoms with Gasteiger partial charge in [0.05, 0.1) is 24.1 Å². The molecule has 1 N–H and O–H groups in total. The van der Waals surface area contributed by atoms with Crippen molar-refractivity contribution in [1.29, 1.82) is 0 Å². The fourth-order valence-corrected chi connectivity index (χ4v) is 1.80. The molecule has 94 valence electrons. The predicted octanol–water partition coefficient (Wildman–Crippen LogP) is 2.58. The molecule has 0 saturated carbocycles. The van der Waals surface area contributed by atoms with E-state index in [0.29, 0.717) is 0 Å². The highest BCUT2D eigenvalue weighted by Gasteiger charge is 2.04. The molecular weight excluding hydrogens is 236 g/mol. The first kappa shape index (κ1) is 13.6. The molecule has 0 aliphatic heterocycles. The standard InChI is InChI=1S/C12H18N4.ClH/c1-4-16-10(2)12(9-14-16)13-8-11-6-5-7-15(11)3;/h5-7,9,13H,4,8H2,1-3H3;1H. The summed E-state index contributed by atoms with van der Waals surface area (Å²) in [5.41, 5.74) is 3.57. The maximum absolute atomic E-state index is 4.30. The summed E-state index contributed by atoms with van der Waals surface area (Å²) in [6.07, 6.45) is 3.95. The summed E-state index contributed by atoms with van der Waals surface area (Å²) in [6, 6.07) is 4.17. The second kappa shape index (κ2) is 5.77. The Morgan fingerprint density at radius 3 is 2.71 bits per heavy atom. The molecule has 0 radical (unpaired) electrons. The van der Waals surface area contributed by atoms with Gasteiger partial charge in [-0.2, -0.15) is 5.10 Å². The van der Waals surface area contributed by atoms with Gasteiger partial charge in [-0.25, -0.2) is 0 Å². The number of aromatic nitrogens is 3. The molecule has 0 atom stereocenters. The van der Waals surface area contributed by atoms with E-state index in [4.69, 9.17) is 0 Å². The first-order chi connectivity index (χ1) is 7.72. The summed E-state index contributed by atoms with van der Waals surface area (Å²) < 4.78 is 4.11. The molecule has 5 heteroatoms. The van der Waals surface area contributed by atoms with Gasteiger partial charge in [-0.1, -0.05) is 0 Å². The van der Waals surface area contributed by atoms with E-state index >= 15 is 0 Å². The highest BCUT2D eigenvalue weighted by atomic mass is 35.5. The number of aryl methyl sites for hydroxylation is 2. The van der Waals surface area contributed by atoms with Crippen LogP contribution in [0.1, 0.15) is 18.3 Å². The Hall–Kier alpha value is -1.42. The van der Waals surface area contributed by atoms with Crippen molar-refractivity contribution in [3.8, 4) is 0 Å². The average molecular weight is 255 g/mol. The number of hydrogen-bond donors (Lipinski definition) is 1. The lowest BCUT2D eigenvalue weighted by molar-refractivity contribution is 0.640. The van der Waals surface area contributed by atoms with Crippen LogP contribution in [0.2, 0.25) is 0 Å². The van der Waals surface area contributed by atoms with Gasteiger partial charge in [-0.3, -0.25) is 4.68 Å². The SMILES string of the molecule is CCn1ncc(NCc2cccn2C)c1C.Cl. The molecule has 0 aliphatic carbocycles. The van der Waals surface area contributed by atoms with Crippen molar-refractivity contribution >= 4 is 18.1 Å². The van der Waals surface area contributed by atoms with Crippen molar-refractivity contribution in [3.63, 3.8) is 0 Å². The molecule has 0 aromatic carbocycles.